The Morgan fingerprint density at radius 3 is 2.41 bits per heavy atom. The minimum Gasteiger partial charge on any atom is -0.489 e. The molecule has 1 saturated carbocycles. The highest BCUT2D eigenvalue weighted by Gasteiger charge is 2.42. The Hall–Kier alpha value is -1.18. The molecule has 1 unspecified atom stereocenters. The van der Waals surface area contributed by atoms with E-state index >= 15 is 0 Å². The van der Waals surface area contributed by atoms with Crippen molar-refractivity contribution >= 4 is 5.69 Å². The van der Waals surface area contributed by atoms with Gasteiger partial charge in [0.25, 0.3) is 0 Å². The molecule has 1 aromatic rings. The lowest BCUT2D eigenvalue weighted by atomic mass is 10.0. The third-order valence-electron chi connectivity index (χ3n) is 3.71. The standard InChI is InChI=1S/C15H23NO/c1-11(2)17-14-8-6-5-7-13(14)16-12(3)15(4)9-10-15/h5-8,11-12,16H,9-10H2,1-4H3. The molecule has 17 heavy (non-hydrogen) atoms. The summed E-state index contributed by atoms with van der Waals surface area (Å²) >= 11 is 0. The zero-order chi connectivity index (χ0) is 12.5. The Morgan fingerprint density at radius 2 is 1.82 bits per heavy atom. The third-order valence-corrected chi connectivity index (χ3v) is 3.71. The van der Waals surface area contributed by atoms with E-state index in [0.29, 0.717) is 11.5 Å². The van der Waals surface area contributed by atoms with E-state index in [-0.39, 0.29) is 6.10 Å². The molecular formula is C15H23NO. The first-order valence-electron chi connectivity index (χ1n) is 6.53. The van der Waals surface area contributed by atoms with Crippen molar-refractivity contribution in [3.05, 3.63) is 24.3 Å². The number of nitrogens with one attached hydrogen (secondary N) is 1. The van der Waals surface area contributed by atoms with Crippen LogP contribution in [0, 0.1) is 5.41 Å². The summed E-state index contributed by atoms with van der Waals surface area (Å²) in [6.45, 7) is 8.72. The average molecular weight is 233 g/mol. The fourth-order valence-electron chi connectivity index (χ4n) is 1.98. The van der Waals surface area contributed by atoms with E-state index in [0.717, 1.165) is 11.4 Å². The van der Waals surface area contributed by atoms with Gasteiger partial charge in [0.2, 0.25) is 0 Å². The molecule has 1 aliphatic rings. The molecule has 2 heteroatoms. The van der Waals surface area contributed by atoms with Crippen molar-refractivity contribution in [2.75, 3.05) is 5.32 Å². The number of ether oxygens (including phenoxy) is 1. The number of hydrogen-bond donors (Lipinski definition) is 1. The molecule has 0 spiro atoms. The molecule has 0 radical (unpaired) electrons. The second-order valence-electron chi connectivity index (χ2n) is 5.68. The lowest BCUT2D eigenvalue weighted by Gasteiger charge is -2.23. The fraction of sp³-hybridized carbons (Fsp3) is 0.600. The summed E-state index contributed by atoms with van der Waals surface area (Å²) in [5, 5.41) is 3.59. The van der Waals surface area contributed by atoms with E-state index < -0.39 is 0 Å². The molecule has 0 aliphatic heterocycles. The van der Waals surface area contributed by atoms with E-state index in [4.69, 9.17) is 4.74 Å². The van der Waals surface area contributed by atoms with E-state index in [9.17, 15) is 0 Å². The van der Waals surface area contributed by atoms with Gasteiger partial charge in [-0.15, -0.1) is 0 Å². The molecule has 0 amide bonds. The van der Waals surface area contributed by atoms with Crippen molar-refractivity contribution in [3.63, 3.8) is 0 Å². The van der Waals surface area contributed by atoms with Crippen LogP contribution in [-0.4, -0.2) is 12.1 Å². The number of hydrogen-bond acceptors (Lipinski definition) is 2. The van der Waals surface area contributed by atoms with Gasteiger partial charge >= 0.3 is 0 Å². The van der Waals surface area contributed by atoms with Crippen LogP contribution in [0.4, 0.5) is 5.69 Å². The van der Waals surface area contributed by atoms with Crippen LogP contribution in [0.1, 0.15) is 40.5 Å². The molecule has 0 heterocycles. The fourth-order valence-corrected chi connectivity index (χ4v) is 1.98. The summed E-state index contributed by atoms with van der Waals surface area (Å²) in [6, 6.07) is 8.70. The summed E-state index contributed by atoms with van der Waals surface area (Å²) in [5.74, 6) is 0.957. The lowest BCUT2D eigenvalue weighted by Crippen LogP contribution is -2.25. The number of benzene rings is 1. The van der Waals surface area contributed by atoms with Crippen LogP contribution in [0.25, 0.3) is 0 Å². The van der Waals surface area contributed by atoms with Crippen LogP contribution in [-0.2, 0) is 0 Å². The normalized spacial score (nSPS) is 18.9. The van der Waals surface area contributed by atoms with Crippen LogP contribution < -0.4 is 10.1 Å². The second-order valence-corrected chi connectivity index (χ2v) is 5.68. The SMILES string of the molecule is CC(C)Oc1ccccc1NC(C)C1(C)CC1. The van der Waals surface area contributed by atoms with Crippen LogP contribution >= 0.6 is 0 Å². The van der Waals surface area contributed by atoms with E-state index in [1.807, 2.05) is 12.1 Å². The molecule has 2 rings (SSSR count). The smallest absolute Gasteiger partial charge is 0.142 e. The molecular weight excluding hydrogens is 210 g/mol. The zero-order valence-corrected chi connectivity index (χ0v) is 11.3. The van der Waals surface area contributed by atoms with E-state index in [1.165, 1.54) is 12.8 Å². The highest BCUT2D eigenvalue weighted by molar-refractivity contribution is 5.57. The Morgan fingerprint density at radius 1 is 1.18 bits per heavy atom. The number of para-hydroxylation sites is 2. The molecule has 1 atom stereocenters. The molecule has 1 aliphatic carbocycles. The molecule has 94 valence electrons. The Bertz CT molecular complexity index is 382. The second kappa shape index (κ2) is 4.59. The van der Waals surface area contributed by atoms with Crippen molar-refractivity contribution in [3.8, 4) is 5.75 Å². The summed E-state index contributed by atoms with van der Waals surface area (Å²) in [4.78, 5) is 0. The van der Waals surface area contributed by atoms with Gasteiger partial charge in [0.1, 0.15) is 5.75 Å². The van der Waals surface area contributed by atoms with Gasteiger partial charge in [-0.1, -0.05) is 19.1 Å². The zero-order valence-electron chi connectivity index (χ0n) is 11.3. The van der Waals surface area contributed by atoms with Gasteiger partial charge in [-0.2, -0.15) is 0 Å². The highest BCUT2D eigenvalue weighted by Crippen LogP contribution is 2.49. The van der Waals surface area contributed by atoms with Crippen molar-refractivity contribution in [1.82, 2.24) is 0 Å². The maximum atomic E-state index is 5.82. The Kier molecular flexibility index (Phi) is 3.32. The summed E-state index contributed by atoms with van der Waals surface area (Å²) in [7, 11) is 0. The maximum absolute atomic E-state index is 5.82. The van der Waals surface area contributed by atoms with E-state index in [1.54, 1.807) is 0 Å². The average Bonchev–Trinajstić information content (AvgIpc) is 3.00. The van der Waals surface area contributed by atoms with Gasteiger partial charge in [-0.3, -0.25) is 0 Å². The predicted octanol–water partition coefficient (Wildman–Crippen LogP) is 4.07. The largest absolute Gasteiger partial charge is 0.489 e. The first-order valence-corrected chi connectivity index (χ1v) is 6.53. The first-order chi connectivity index (χ1) is 8.01. The van der Waals surface area contributed by atoms with Crippen LogP contribution in [0.15, 0.2) is 24.3 Å². The van der Waals surface area contributed by atoms with Crippen molar-refractivity contribution in [2.24, 2.45) is 5.41 Å². The molecule has 0 aromatic heterocycles. The highest BCUT2D eigenvalue weighted by atomic mass is 16.5. The van der Waals surface area contributed by atoms with Crippen molar-refractivity contribution in [2.45, 2.75) is 52.7 Å². The van der Waals surface area contributed by atoms with Gasteiger partial charge in [-0.25, -0.2) is 0 Å². The first kappa shape index (κ1) is 12.3. The van der Waals surface area contributed by atoms with Crippen molar-refractivity contribution in [1.29, 1.82) is 0 Å². The van der Waals surface area contributed by atoms with E-state index in [2.05, 4.69) is 45.1 Å². The van der Waals surface area contributed by atoms with Gasteiger partial charge in [0.05, 0.1) is 11.8 Å². The minimum absolute atomic E-state index is 0.213. The van der Waals surface area contributed by atoms with Gasteiger partial charge < -0.3 is 10.1 Å². The molecule has 0 saturated heterocycles. The molecule has 2 nitrogen and oxygen atoms in total. The van der Waals surface area contributed by atoms with Gasteiger partial charge in [0.15, 0.2) is 0 Å². The maximum Gasteiger partial charge on any atom is 0.142 e. The quantitative estimate of drug-likeness (QED) is 0.827. The predicted molar refractivity (Wildman–Crippen MR) is 72.6 cm³/mol. The summed E-state index contributed by atoms with van der Waals surface area (Å²) in [5.41, 5.74) is 1.59. The topological polar surface area (TPSA) is 21.3 Å². The van der Waals surface area contributed by atoms with Crippen molar-refractivity contribution < 1.29 is 4.74 Å². The minimum atomic E-state index is 0.213. The van der Waals surface area contributed by atoms with Crippen LogP contribution in [0.5, 0.6) is 5.75 Å². The molecule has 1 N–H and O–H groups in total. The lowest BCUT2D eigenvalue weighted by molar-refractivity contribution is 0.243. The number of rotatable bonds is 5. The molecule has 1 aromatic carbocycles. The number of anilines is 1. The summed E-state index contributed by atoms with van der Waals surface area (Å²) < 4.78 is 5.82. The van der Waals surface area contributed by atoms with Crippen LogP contribution in [0.2, 0.25) is 0 Å². The monoisotopic (exact) mass is 233 g/mol. The third kappa shape index (κ3) is 2.93. The molecule has 1 fully saturated rings. The van der Waals surface area contributed by atoms with Crippen LogP contribution in [0.3, 0.4) is 0 Å². The van der Waals surface area contributed by atoms with Gasteiger partial charge in [-0.05, 0) is 51.2 Å². The van der Waals surface area contributed by atoms with Gasteiger partial charge in [0, 0.05) is 6.04 Å². The molecule has 0 bridgehead atoms. The summed E-state index contributed by atoms with van der Waals surface area (Å²) in [6.07, 6.45) is 2.87. The Balaban J connectivity index is 2.09. The Labute approximate surface area is 104 Å².